The molecule has 0 saturated heterocycles. The molecule has 11 heavy (non-hydrogen) atoms. The third-order valence-electron chi connectivity index (χ3n) is 1.91. The van der Waals surface area contributed by atoms with E-state index in [9.17, 15) is 4.79 Å². The lowest BCUT2D eigenvalue weighted by molar-refractivity contribution is -0.107. The average molecular weight is 167 g/mol. The molecule has 0 bridgehead atoms. The van der Waals surface area contributed by atoms with E-state index in [1.54, 1.807) is 11.3 Å². The Morgan fingerprint density at radius 2 is 2.55 bits per heavy atom. The lowest BCUT2D eigenvalue weighted by atomic mass is 10.2. The van der Waals surface area contributed by atoms with Crippen LogP contribution in [-0.2, 0) is 11.2 Å². The van der Waals surface area contributed by atoms with Gasteiger partial charge in [0.15, 0.2) is 0 Å². The van der Waals surface area contributed by atoms with Crippen molar-refractivity contribution in [2.75, 3.05) is 0 Å². The minimum absolute atomic E-state index is 0.552. The van der Waals surface area contributed by atoms with Crippen LogP contribution in [0.3, 0.4) is 0 Å². The summed E-state index contributed by atoms with van der Waals surface area (Å²) in [5, 5.41) is 0. The van der Waals surface area contributed by atoms with Gasteiger partial charge in [-0.1, -0.05) is 0 Å². The second-order valence-electron chi connectivity index (χ2n) is 2.81. The van der Waals surface area contributed by atoms with Gasteiger partial charge < -0.3 is 4.79 Å². The molecule has 0 unspecified atom stereocenters. The van der Waals surface area contributed by atoms with Gasteiger partial charge in [0.25, 0.3) is 0 Å². The molecule has 1 aromatic heterocycles. The molecule has 0 spiro atoms. The van der Waals surface area contributed by atoms with Gasteiger partial charge in [-0.05, 0) is 12.8 Å². The Labute approximate surface area is 69.3 Å². The predicted octanol–water partition coefficient (Wildman–Crippen LogP) is 1.76. The standard InChI is InChI=1S/C8H9NOS/c10-4-3-7-8(6-1-2-6)9-5-11-7/h4-6H,1-3H2. The van der Waals surface area contributed by atoms with Crippen LogP contribution in [0.15, 0.2) is 5.51 Å². The zero-order valence-corrected chi connectivity index (χ0v) is 6.93. The fraction of sp³-hybridized carbons (Fsp3) is 0.500. The highest BCUT2D eigenvalue weighted by Gasteiger charge is 2.27. The van der Waals surface area contributed by atoms with E-state index in [2.05, 4.69) is 4.98 Å². The van der Waals surface area contributed by atoms with Gasteiger partial charge in [-0.3, -0.25) is 0 Å². The minimum Gasteiger partial charge on any atom is -0.303 e. The molecule has 0 atom stereocenters. The number of aromatic nitrogens is 1. The van der Waals surface area contributed by atoms with Gasteiger partial charge in [0.2, 0.25) is 0 Å². The zero-order chi connectivity index (χ0) is 7.68. The first-order chi connectivity index (χ1) is 5.42. The Morgan fingerprint density at radius 1 is 1.73 bits per heavy atom. The van der Waals surface area contributed by atoms with Crippen molar-refractivity contribution >= 4 is 17.6 Å². The molecule has 58 valence electrons. The van der Waals surface area contributed by atoms with Crippen molar-refractivity contribution < 1.29 is 4.79 Å². The van der Waals surface area contributed by atoms with Gasteiger partial charge in [-0.25, -0.2) is 4.98 Å². The quantitative estimate of drug-likeness (QED) is 0.642. The Kier molecular flexibility index (Phi) is 1.74. The minimum atomic E-state index is 0.552. The van der Waals surface area contributed by atoms with E-state index in [0.29, 0.717) is 12.3 Å². The topological polar surface area (TPSA) is 30.0 Å². The van der Waals surface area contributed by atoms with Crippen molar-refractivity contribution in [2.24, 2.45) is 0 Å². The summed E-state index contributed by atoms with van der Waals surface area (Å²) in [6.45, 7) is 0. The van der Waals surface area contributed by atoms with E-state index < -0.39 is 0 Å². The fourth-order valence-electron chi connectivity index (χ4n) is 1.20. The maximum Gasteiger partial charge on any atom is 0.125 e. The largest absolute Gasteiger partial charge is 0.303 e. The highest BCUT2D eigenvalue weighted by atomic mass is 32.1. The molecule has 1 saturated carbocycles. The van der Waals surface area contributed by atoms with Crippen molar-refractivity contribution in [2.45, 2.75) is 25.2 Å². The van der Waals surface area contributed by atoms with Crippen LogP contribution in [0.1, 0.15) is 29.3 Å². The van der Waals surface area contributed by atoms with Crippen LogP contribution in [0, 0.1) is 0 Å². The van der Waals surface area contributed by atoms with Crippen LogP contribution in [0.2, 0.25) is 0 Å². The van der Waals surface area contributed by atoms with Crippen molar-refractivity contribution in [1.29, 1.82) is 0 Å². The monoisotopic (exact) mass is 167 g/mol. The van der Waals surface area contributed by atoms with Crippen molar-refractivity contribution in [3.8, 4) is 0 Å². The summed E-state index contributed by atoms with van der Waals surface area (Å²) >= 11 is 1.60. The third-order valence-corrected chi connectivity index (χ3v) is 2.78. The summed E-state index contributed by atoms with van der Waals surface area (Å²) in [7, 11) is 0. The Morgan fingerprint density at radius 3 is 3.18 bits per heavy atom. The lowest BCUT2D eigenvalue weighted by Gasteiger charge is -1.92. The number of thiazole rings is 1. The molecular formula is C8H9NOS. The molecule has 3 heteroatoms. The van der Waals surface area contributed by atoms with E-state index in [4.69, 9.17) is 0 Å². The molecule has 0 aliphatic heterocycles. The lowest BCUT2D eigenvalue weighted by Crippen LogP contribution is -1.88. The molecule has 1 aromatic rings. The molecule has 1 heterocycles. The van der Waals surface area contributed by atoms with E-state index >= 15 is 0 Å². The highest BCUT2D eigenvalue weighted by Crippen LogP contribution is 2.41. The summed E-state index contributed by atoms with van der Waals surface area (Å²) in [5.74, 6) is 0.677. The molecule has 1 aliphatic rings. The number of hydrogen-bond donors (Lipinski definition) is 0. The SMILES string of the molecule is O=CCc1scnc1C1CC1. The van der Waals surface area contributed by atoms with Crippen LogP contribution in [0.5, 0.6) is 0 Å². The Hall–Kier alpha value is -0.700. The van der Waals surface area contributed by atoms with Gasteiger partial charge in [-0.2, -0.15) is 0 Å². The average Bonchev–Trinajstić information content (AvgIpc) is 2.75. The van der Waals surface area contributed by atoms with Crippen LogP contribution in [-0.4, -0.2) is 11.3 Å². The Balaban J connectivity index is 2.22. The summed E-state index contributed by atoms with van der Waals surface area (Å²) in [6, 6.07) is 0. The van der Waals surface area contributed by atoms with Gasteiger partial charge in [0, 0.05) is 17.2 Å². The van der Waals surface area contributed by atoms with Crippen LogP contribution >= 0.6 is 11.3 Å². The summed E-state index contributed by atoms with van der Waals surface area (Å²) < 4.78 is 0. The second kappa shape index (κ2) is 2.74. The molecule has 0 N–H and O–H groups in total. The fourth-order valence-corrected chi connectivity index (χ4v) is 2.00. The zero-order valence-electron chi connectivity index (χ0n) is 6.12. The van der Waals surface area contributed by atoms with Crippen LogP contribution < -0.4 is 0 Å². The molecule has 2 rings (SSSR count). The third kappa shape index (κ3) is 1.33. The van der Waals surface area contributed by atoms with E-state index in [1.807, 2.05) is 5.51 Å². The second-order valence-corrected chi connectivity index (χ2v) is 3.75. The number of aldehydes is 1. The number of nitrogens with zero attached hydrogens (tertiary/aromatic N) is 1. The number of rotatable bonds is 3. The molecule has 2 nitrogen and oxygen atoms in total. The van der Waals surface area contributed by atoms with E-state index in [0.717, 1.165) is 6.29 Å². The molecule has 0 amide bonds. The molecule has 0 aromatic carbocycles. The van der Waals surface area contributed by atoms with Gasteiger partial charge in [-0.15, -0.1) is 11.3 Å². The molecular weight excluding hydrogens is 158 g/mol. The first-order valence-electron chi connectivity index (χ1n) is 3.77. The number of hydrogen-bond acceptors (Lipinski definition) is 3. The van der Waals surface area contributed by atoms with Gasteiger partial charge in [0.1, 0.15) is 6.29 Å². The first kappa shape index (κ1) is 6.98. The van der Waals surface area contributed by atoms with Crippen molar-refractivity contribution in [1.82, 2.24) is 4.98 Å². The Bertz CT molecular complexity index is 265. The van der Waals surface area contributed by atoms with Crippen molar-refractivity contribution in [3.63, 3.8) is 0 Å². The molecule has 1 fully saturated rings. The van der Waals surface area contributed by atoms with Gasteiger partial charge >= 0.3 is 0 Å². The number of carbonyl (C=O) groups is 1. The van der Waals surface area contributed by atoms with Crippen LogP contribution in [0.4, 0.5) is 0 Å². The van der Waals surface area contributed by atoms with Gasteiger partial charge in [0.05, 0.1) is 11.2 Å². The maximum atomic E-state index is 10.2. The first-order valence-corrected chi connectivity index (χ1v) is 4.65. The normalized spacial score (nSPS) is 16.7. The predicted molar refractivity (Wildman–Crippen MR) is 43.9 cm³/mol. The smallest absolute Gasteiger partial charge is 0.125 e. The van der Waals surface area contributed by atoms with Crippen molar-refractivity contribution in [3.05, 3.63) is 16.1 Å². The maximum absolute atomic E-state index is 10.2. The van der Waals surface area contributed by atoms with E-state index in [1.165, 1.54) is 23.4 Å². The van der Waals surface area contributed by atoms with Crippen LogP contribution in [0.25, 0.3) is 0 Å². The molecule has 0 radical (unpaired) electrons. The highest BCUT2D eigenvalue weighted by molar-refractivity contribution is 7.09. The van der Waals surface area contributed by atoms with E-state index in [-0.39, 0.29) is 0 Å². The summed E-state index contributed by atoms with van der Waals surface area (Å²) in [5.41, 5.74) is 3.02. The summed E-state index contributed by atoms with van der Waals surface area (Å²) in [4.78, 5) is 15.7. The summed E-state index contributed by atoms with van der Waals surface area (Å²) in [6.07, 6.45) is 4.03. The molecule has 1 aliphatic carbocycles. The number of carbonyl (C=O) groups excluding carboxylic acids is 1.